The number of rotatable bonds is 7. The Bertz CT molecular complexity index is 994. The minimum absolute atomic E-state index is 0.178. The third-order valence-corrected chi connectivity index (χ3v) is 5.07. The Morgan fingerprint density at radius 1 is 1.03 bits per heavy atom. The highest BCUT2D eigenvalue weighted by Crippen LogP contribution is 2.13. The SMILES string of the molecule is Cc1ccc(C(=O)N/C(=C\c2cccs2)C(=O)NCCc2ccc(F)cc2)cc1. The lowest BCUT2D eigenvalue weighted by Gasteiger charge is -2.11. The standard InChI is InChI=1S/C23H21FN2O2S/c1-16-4-8-18(9-5-16)22(27)26-21(15-20-3-2-14-29-20)23(28)25-13-12-17-6-10-19(24)11-7-17/h2-11,14-15H,12-13H2,1H3,(H,25,28)(H,26,27)/b21-15-. The second kappa shape index (κ2) is 9.80. The normalized spacial score (nSPS) is 11.2. The molecule has 2 aromatic carbocycles. The van der Waals surface area contributed by atoms with Crippen molar-refractivity contribution in [2.45, 2.75) is 13.3 Å². The van der Waals surface area contributed by atoms with Crippen LogP contribution in [0, 0.1) is 12.7 Å². The highest BCUT2D eigenvalue weighted by atomic mass is 32.1. The van der Waals surface area contributed by atoms with E-state index in [0.717, 1.165) is 16.0 Å². The molecule has 0 aliphatic carbocycles. The number of carbonyl (C=O) groups is 2. The van der Waals surface area contributed by atoms with Gasteiger partial charge in [0.2, 0.25) is 0 Å². The molecular formula is C23H21FN2O2S. The average Bonchev–Trinajstić information content (AvgIpc) is 3.22. The molecule has 6 heteroatoms. The molecule has 3 aromatic rings. The minimum Gasteiger partial charge on any atom is -0.350 e. The van der Waals surface area contributed by atoms with Gasteiger partial charge in [0.1, 0.15) is 11.5 Å². The van der Waals surface area contributed by atoms with Gasteiger partial charge in [0, 0.05) is 17.0 Å². The van der Waals surface area contributed by atoms with Crippen LogP contribution in [0.15, 0.2) is 71.7 Å². The van der Waals surface area contributed by atoms with Gasteiger partial charge in [-0.15, -0.1) is 11.3 Å². The number of nitrogens with one attached hydrogen (secondary N) is 2. The van der Waals surface area contributed by atoms with Crippen LogP contribution in [0.3, 0.4) is 0 Å². The van der Waals surface area contributed by atoms with Crippen molar-refractivity contribution >= 4 is 29.2 Å². The van der Waals surface area contributed by atoms with Gasteiger partial charge in [0.05, 0.1) is 0 Å². The van der Waals surface area contributed by atoms with Crippen LogP contribution in [0.5, 0.6) is 0 Å². The molecule has 0 saturated carbocycles. The number of amides is 2. The highest BCUT2D eigenvalue weighted by molar-refractivity contribution is 7.10. The van der Waals surface area contributed by atoms with E-state index in [1.807, 2.05) is 36.6 Å². The summed E-state index contributed by atoms with van der Waals surface area (Å²) in [6, 6.07) is 17.0. The van der Waals surface area contributed by atoms with Crippen molar-refractivity contribution in [1.29, 1.82) is 0 Å². The Morgan fingerprint density at radius 2 is 1.76 bits per heavy atom. The summed E-state index contributed by atoms with van der Waals surface area (Å²) in [7, 11) is 0. The van der Waals surface area contributed by atoms with Crippen LogP contribution in [0.1, 0.15) is 26.4 Å². The van der Waals surface area contributed by atoms with Crippen LogP contribution in [0.25, 0.3) is 6.08 Å². The number of halogens is 1. The second-order valence-corrected chi connectivity index (χ2v) is 7.51. The predicted octanol–water partition coefficient (Wildman–Crippen LogP) is 4.33. The summed E-state index contributed by atoms with van der Waals surface area (Å²) in [5, 5.41) is 7.43. The van der Waals surface area contributed by atoms with Gasteiger partial charge < -0.3 is 10.6 Å². The van der Waals surface area contributed by atoms with E-state index < -0.39 is 0 Å². The van der Waals surface area contributed by atoms with Gasteiger partial charge in [-0.25, -0.2) is 4.39 Å². The number of hydrogen-bond donors (Lipinski definition) is 2. The second-order valence-electron chi connectivity index (χ2n) is 6.53. The quantitative estimate of drug-likeness (QED) is 0.572. The van der Waals surface area contributed by atoms with Crippen LogP contribution in [0.2, 0.25) is 0 Å². The summed E-state index contributed by atoms with van der Waals surface area (Å²) >= 11 is 1.47. The van der Waals surface area contributed by atoms with Crippen LogP contribution >= 0.6 is 11.3 Å². The third-order valence-electron chi connectivity index (χ3n) is 4.25. The van der Waals surface area contributed by atoms with Gasteiger partial charge in [0.25, 0.3) is 11.8 Å². The summed E-state index contributed by atoms with van der Waals surface area (Å²) in [5.74, 6) is -1.01. The fourth-order valence-corrected chi connectivity index (χ4v) is 3.30. The molecule has 0 unspecified atom stereocenters. The molecule has 0 spiro atoms. The Kier molecular flexibility index (Phi) is 6.92. The lowest BCUT2D eigenvalue weighted by molar-refractivity contribution is -0.117. The maximum absolute atomic E-state index is 13.0. The third kappa shape index (κ3) is 6.12. The first-order valence-corrected chi connectivity index (χ1v) is 10.0. The van der Waals surface area contributed by atoms with Gasteiger partial charge in [-0.05, 0) is 60.7 Å². The van der Waals surface area contributed by atoms with Gasteiger partial charge >= 0.3 is 0 Å². The van der Waals surface area contributed by atoms with Crippen molar-refractivity contribution in [2.75, 3.05) is 6.54 Å². The fraction of sp³-hybridized carbons (Fsp3) is 0.130. The van der Waals surface area contributed by atoms with Crippen molar-refractivity contribution in [3.8, 4) is 0 Å². The topological polar surface area (TPSA) is 58.2 Å². The molecular weight excluding hydrogens is 387 g/mol. The first-order chi connectivity index (χ1) is 14.0. The molecule has 0 radical (unpaired) electrons. The van der Waals surface area contributed by atoms with Crippen molar-refractivity contribution in [3.63, 3.8) is 0 Å². The van der Waals surface area contributed by atoms with Crippen molar-refractivity contribution in [1.82, 2.24) is 10.6 Å². The van der Waals surface area contributed by atoms with E-state index >= 15 is 0 Å². The maximum Gasteiger partial charge on any atom is 0.267 e. The lowest BCUT2D eigenvalue weighted by Crippen LogP contribution is -2.35. The maximum atomic E-state index is 13.0. The minimum atomic E-state index is -0.374. The molecule has 148 valence electrons. The molecule has 1 heterocycles. The Morgan fingerprint density at radius 3 is 2.41 bits per heavy atom. The van der Waals surface area contributed by atoms with E-state index in [9.17, 15) is 14.0 Å². The van der Waals surface area contributed by atoms with E-state index in [4.69, 9.17) is 0 Å². The number of thiophene rings is 1. The number of carbonyl (C=O) groups excluding carboxylic acids is 2. The summed E-state index contributed by atoms with van der Waals surface area (Å²) in [6.07, 6.45) is 2.22. The van der Waals surface area contributed by atoms with Crippen LogP contribution in [-0.4, -0.2) is 18.4 Å². The molecule has 0 saturated heterocycles. The van der Waals surface area contributed by atoms with E-state index in [2.05, 4.69) is 10.6 Å². The van der Waals surface area contributed by atoms with Crippen LogP contribution in [-0.2, 0) is 11.2 Å². The molecule has 2 amide bonds. The molecule has 29 heavy (non-hydrogen) atoms. The van der Waals surface area contributed by atoms with Crippen molar-refractivity contribution < 1.29 is 14.0 Å². The molecule has 2 N–H and O–H groups in total. The van der Waals surface area contributed by atoms with Gasteiger partial charge in [0.15, 0.2) is 0 Å². The van der Waals surface area contributed by atoms with E-state index in [-0.39, 0.29) is 23.3 Å². The molecule has 3 rings (SSSR count). The first kappa shape index (κ1) is 20.5. The van der Waals surface area contributed by atoms with Gasteiger partial charge in [-0.3, -0.25) is 9.59 Å². The molecule has 0 aliphatic heterocycles. The Balaban J connectivity index is 1.67. The number of aryl methyl sites for hydroxylation is 1. The Hall–Kier alpha value is -3.25. The highest BCUT2D eigenvalue weighted by Gasteiger charge is 2.14. The van der Waals surface area contributed by atoms with E-state index in [1.54, 1.807) is 30.3 Å². The lowest BCUT2D eigenvalue weighted by atomic mass is 10.1. The van der Waals surface area contributed by atoms with Crippen LogP contribution < -0.4 is 10.6 Å². The van der Waals surface area contributed by atoms with Crippen molar-refractivity contribution in [3.05, 3.63) is 99.1 Å². The average molecular weight is 408 g/mol. The zero-order chi connectivity index (χ0) is 20.6. The van der Waals surface area contributed by atoms with E-state index in [1.165, 1.54) is 23.5 Å². The smallest absolute Gasteiger partial charge is 0.267 e. The molecule has 1 aromatic heterocycles. The number of benzene rings is 2. The largest absolute Gasteiger partial charge is 0.350 e. The predicted molar refractivity (Wildman–Crippen MR) is 114 cm³/mol. The monoisotopic (exact) mass is 408 g/mol. The summed E-state index contributed by atoms with van der Waals surface area (Å²) in [6.45, 7) is 2.31. The van der Waals surface area contributed by atoms with E-state index in [0.29, 0.717) is 18.5 Å². The summed E-state index contributed by atoms with van der Waals surface area (Å²) in [4.78, 5) is 26.1. The molecule has 0 aliphatic rings. The van der Waals surface area contributed by atoms with Gasteiger partial charge in [-0.2, -0.15) is 0 Å². The molecule has 0 atom stereocenters. The zero-order valence-electron chi connectivity index (χ0n) is 15.9. The molecule has 4 nitrogen and oxygen atoms in total. The molecule has 0 fully saturated rings. The fourth-order valence-electron chi connectivity index (χ4n) is 2.64. The summed E-state index contributed by atoms with van der Waals surface area (Å²) < 4.78 is 13.0. The van der Waals surface area contributed by atoms with Gasteiger partial charge in [-0.1, -0.05) is 35.9 Å². The number of hydrogen-bond acceptors (Lipinski definition) is 3. The molecule has 0 bridgehead atoms. The van der Waals surface area contributed by atoms with Crippen molar-refractivity contribution in [2.24, 2.45) is 0 Å². The zero-order valence-corrected chi connectivity index (χ0v) is 16.8. The van der Waals surface area contributed by atoms with Crippen LogP contribution in [0.4, 0.5) is 4.39 Å². The first-order valence-electron chi connectivity index (χ1n) is 9.17. The Labute approximate surface area is 173 Å². The summed E-state index contributed by atoms with van der Waals surface area (Å²) in [5.41, 5.74) is 2.62.